The fraction of sp³-hybridized carbons (Fsp3) is 0.105. The molecule has 2 aromatic rings. The molecule has 0 bridgehead atoms. The van der Waals surface area contributed by atoms with Crippen LogP contribution in [0.15, 0.2) is 60.8 Å². The van der Waals surface area contributed by atoms with Gasteiger partial charge in [-0.2, -0.15) is 13.2 Å². The van der Waals surface area contributed by atoms with Gasteiger partial charge < -0.3 is 4.57 Å². The first-order valence-corrected chi connectivity index (χ1v) is 8.48. The Labute approximate surface area is 163 Å². The number of nitrogens with zero attached hydrogens (tertiary/aromatic N) is 2. The van der Waals surface area contributed by atoms with Crippen molar-refractivity contribution in [3.05, 3.63) is 72.1 Å². The van der Waals surface area contributed by atoms with Crippen LogP contribution in [0.3, 0.4) is 0 Å². The molecule has 0 aliphatic carbocycles. The van der Waals surface area contributed by atoms with Gasteiger partial charge in [0.1, 0.15) is 5.57 Å². The first-order chi connectivity index (χ1) is 13.2. The van der Waals surface area contributed by atoms with E-state index in [1.54, 1.807) is 22.9 Å². The van der Waals surface area contributed by atoms with E-state index in [1.807, 2.05) is 0 Å². The molecule has 2 amide bonds. The predicted molar refractivity (Wildman–Crippen MR) is 101 cm³/mol. The Morgan fingerprint density at radius 1 is 1.14 bits per heavy atom. The first kappa shape index (κ1) is 19.6. The van der Waals surface area contributed by atoms with Crippen LogP contribution in [0.25, 0.3) is 11.8 Å². The number of halogens is 3. The number of benzene rings is 1. The maximum absolute atomic E-state index is 12.7. The second-order valence-electron chi connectivity index (χ2n) is 5.87. The molecule has 1 aromatic carbocycles. The largest absolute Gasteiger partial charge is 0.416 e. The third-order valence-electron chi connectivity index (χ3n) is 4.04. The molecule has 9 heteroatoms. The lowest BCUT2D eigenvalue weighted by Crippen LogP contribution is -2.53. The molecule has 144 valence electrons. The molecule has 1 aromatic heterocycles. The van der Waals surface area contributed by atoms with E-state index in [1.165, 1.54) is 29.2 Å². The molecule has 0 unspecified atom stereocenters. The van der Waals surface area contributed by atoms with Crippen LogP contribution in [0, 0.1) is 0 Å². The maximum Gasteiger partial charge on any atom is 0.416 e. The summed E-state index contributed by atoms with van der Waals surface area (Å²) in [4.78, 5) is 26.0. The van der Waals surface area contributed by atoms with E-state index in [9.17, 15) is 22.8 Å². The molecule has 0 spiro atoms. The second-order valence-corrected chi connectivity index (χ2v) is 6.26. The number of hydrogen-bond donors (Lipinski definition) is 1. The van der Waals surface area contributed by atoms with E-state index in [0.717, 1.165) is 12.1 Å². The molecule has 1 aliphatic heterocycles. The lowest BCUT2D eigenvalue weighted by Gasteiger charge is -2.27. The van der Waals surface area contributed by atoms with Crippen LogP contribution in [0.1, 0.15) is 11.3 Å². The van der Waals surface area contributed by atoms with E-state index in [-0.39, 0.29) is 17.2 Å². The summed E-state index contributed by atoms with van der Waals surface area (Å²) in [7, 11) is 0. The number of thiocarbonyl (C=S) groups is 1. The van der Waals surface area contributed by atoms with Gasteiger partial charge in [0.05, 0.1) is 5.56 Å². The van der Waals surface area contributed by atoms with Gasteiger partial charge in [-0.25, -0.2) is 0 Å². The molecule has 1 aliphatic rings. The van der Waals surface area contributed by atoms with Crippen LogP contribution in [0.5, 0.6) is 0 Å². The number of alkyl halides is 3. The van der Waals surface area contributed by atoms with Gasteiger partial charge in [-0.1, -0.05) is 6.08 Å². The summed E-state index contributed by atoms with van der Waals surface area (Å²) in [6.45, 7) is 3.69. The lowest BCUT2D eigenvalue weighted by atomic mass is 10.1. The van der Waals surface area contributed by atoms with Gasteiger partial charge in [0.25, 0.3) is 11.8 Å². The monoisotopic (exact) mass is 405 g/mol. The number of carbonyl (C=O) groups excluding carboxylic acids is 2. The Hall–Kier alpha value is -3.20. The number of nitrogens with one attached hydrogen (secondary N) is 1. The second kappa shape index (κ2) is 7.43. The normalized spacial score (nSPS) is 16.5. The number of rotatable bonds is 4. The summed E-state index contributed by atoms with van der Waals surface area (Å²) in [5.74, 6) is -1.22. The standard InChI is InChI=1S/C19H14F3N3O2S/c1-2-9-25-17(27)15(16(26)23-18(25)28)11-14-4-3-10-24(14)13-7-5-12(6-8-13)19(20,21)22/h2-8,10-11H,1,9H2,(H,23,26,28)/b15-11+. The molecule has 0 saturated carbocycles. The molecular weight excluding hydrogens is 391 g/mol. The summed E-state index contributed by atoms with van der Waals surface area (Å²) < 4.78 is 39.8. The van der Waals surface area contributed by atoms with Crippen molar-refractivity contribution in [2.75, 3.05) is 6.54 Å². The number of aromatic nitrogens is 1. The highest BCUT2D eigenvalue weighted by molar-refractivity contribution is 7.80. The Bertz CT molecular complexity index is 991. The number of amides is 2. The van der Waals surface area contributed by atoms with Crippen LogP contribution in [-0.4, -0.2) is 32.9 Å². The lowest BCUT2D eigenvalue weighted by molar-refractivity contribution is -0.137. The average Bonchev–Trinajstić information content (AvgIpc) is 3.10. The van der Waals surface area contributed by atoms with Crippen LogP contribution < -0.4 is 5.32 Å². The summed E-state index contributed by atoms with van der Waals surface area (Å²) in [6, 6.07) is 7.85. The van der Waals surface area contributed by atoms with Crippen molar-refractivity contribution in [1.29, 1.82) is 0 Å². The minimum Gasteiger partial charge on any atom is -0.317 e. The molecule has 28 heavy (non-hydrogen) atoms. The van der Waals surface area contributed by atoms with Crippen LogP contribution in [0.4, 0.5) is 13.2 Å². The summed E-state index contributed by atoms with van der Waals surface area (Å²) >= 11 is 4.99. The maximum atomic E-state index is 12.7. The van der Waals surface area contributed by atoms with Gasteiger partial charge in [0, 0.05) is 24.1 Å². The highest BCUT2D eigenvalue weighted by atomic mass is 32.1. The first-order valence-electron chi connectivity index (χ1n) is 8.07. The Morgan fingerprint density at radius 2 is 1.82 bits per heavy atom. The molecular formula is C19H14F3N3O2S. The summed E-state index contributed by atoms with van der Waals surface area (Å²) in [5.41, 5.74) is -0.00217. The van der Waals surface area contributed by atoms with E-state index in [4.69, 9.17) is 12.2 Å². The van der Waals surface area contributed by atoms with E-state index in [2.05, 4.69) is 11.9 Å². The average molecular weight is 405 g/mol. The highest BCUT2D eigenvalue weighted by Gasteiger charge is 2.33. The Kier molecular flexibility index (Phi) is 5.19. The topological polar surface area (TPSA) is 54.3 Å². The zero-order valence-corrected chi connectivity index (χ0v) is 15.2. The van der Waals surface area contributed by atoms with Crippen molar-refractivity contribution in [2.45, 2.75) is 6.18 Å². The van der Waals surface area contributed by atoms with Crippen LogP contribution >= 0.6 is 12.2 Å². The van der Waals surface area contributed by atoms with Crippen LogP contribution in [-0.2, 0) is 15.8 Å². The Balaban J connectivity index is 1.97. The van der Waals surface area contributed by atoms with Gasteiger partial charge in [-0.05, 0) is 54.7 Å². The van der Waals surface area contributed by atoms with Crippen molar-refractivity contribution < 1.29 is 22.8 Å². The van der Waals surface area contributed by atoms with Crippen molar-refractivity contribution in [3.8, 4) is 5.69 Å². The van der Waals surface area contributed by atoms with Crippen LogP contribution in [0.2, 0.25) is 0 Å². The fourth-order valence-electron chi connectivity index (χ4n) is 2.69. The molecule has 1 saturated heterocycles. The number of hydrogen-bond acceptors (Lipinski definition) is 3. The molecule has 5 nitrogen and oxygen atoms in total. The van der Waals surface area contributed by atoms with Gasteiger partial charge >= 0.3 is 6.18 Å². The summed E-state index contributed by atoms with van der Waals surface area (Å²) in [5, 5.41) is 2.43. The molecule has 1 N–H and O–H groups in total. The molecule has 3 rings (SSSR count). The van der Waals surface area contributed by atoms with Gasteiger partial charge in [-0.3, -0.25) is 19.8 Å². The zero-order valence-electron chi connectivity index (χ0n) is 14.4. The van der Waals surface area contributed by atoms with Crippen molar-refractivity contribution >= 4 is 35.2 Å². The molecule has 2 heterocycles. The predicted octanol–water partition coefficient (Wildman–Crippen LogP) is 3.31. The van der Waals surface area contributed by atoms with Crippen molar-refractivity contribution in [2.24, 2.45) is 0 Å². The van der Waals surface area contributed by atoms with Crippen molar-refractivity contribution in [3.63, 3.8) is 0 Å². The van der Waals surface area contributed by atoms with Gasteiger partial charge in [-0.15, -0.1) is 6.58 Å². The van der Waals surface area contributed by atoms with E-state index >= 15 is 0 Å². The quantitative estimate of drug-likeness (QED) is 0.368. The minimum absolute atomic E-state index is 0.00910. The summed E-state index contributed by atoms with van der Waals surface area (Å²) in [6.07, 6.45) is 0.0311. The minimum atomic E-state index is -4.43. The molecule has 1 fully saturated rings. The Morgan fingerprint density at radius 3 is 2.43 bits per heavy atom. The van der Waals surface area contributed by atoms with E-state index < -0.39 is 23.6 Å². The molecule has 0 radical (unpaired) electrons. The SMILES string of the molecule is C=CCN1C(=O)/C(=C/c2cccn2-c2ccc(C(F)(F)F)cc2)C(=O)NC1=S. The molecule has 0 atom stereocenters. The van der Waals surface area contributed by atoms with E-state index in [0.29, 0.717) is 11.4 Å². The highest BCUT2D eigenvalue weighted by Crippen LogP contribution is 2.30. The smallest absolute Gasteiger partial charge is 0.317 e. The number of carbonyl (C=O) groups is 2. The van der Waals surface area contributed by atoms with Crippen molar-refractivity contribution in [1.82, 2.24) is 14.8 Å². The zero-order chi connectivity index (χ0) is 20.5. The third-order valence-corrected chi connectivity index (χ3v) is 4.37. The fourth-order valence-corrected chi connectivity index (χ4v) is 2.94. The van der Waals surface area contributed by atoms with Gasteiger partial charge in [0.2, 0.25) is 0 Å². The third kappa shape index (κ3) is 3.74. The van der Waals surface area contributed by atoms with Gasteiger partial charge in [0.15, 0.2) is 5.11 Å².